The lowest BCUT2D eigenvalue weighted by Gasteiger charge is -2.15. The summed E-state index contributed by atoms with van der Waals surface area (Å²) in [6, 6.07) is 15.6. The molecule has 0 saturated heterocycles. The summed E-state index contributed by atoms with van der Waals surface area (Å²) in [5.74, 6) is 0.504. The molecule has 6 heteroatoms. The van der Waals surface area contributed by atoms with Gasteiger partial charge >= 0.3 is 0 Å². The fourth-order valence-corrected chi connectivity index (χ4v) is 2.85. The Balaban J connectivity index is 1.68. The Morgan fingerprint density at radius 3 is 2.54 bits per heavy atom. The van der Waals surface area contributed by atoms with Gasteiger partial charge in [-0.25, -0.2) is 4.68 Å². The maximum Gasteiger partial charge on any atom is 0.251 e. The van der Waals surface area contributed by atoms with Gasteiger partial charge < -0.3 is 5.32 Å². The van der Waals surface area contributed by atoms with E-state index in [0.717, 1.165) is 17.7 Å². The zero-order chi connectivity index (χ0) is 18.5. The van der Waals surface area contributed by atoms with Crippen LogP contribution >= 0.6 is 0 Å². The minimum absolute atomic E-state index is 0.0766. The standard InChI is InChI=1S/C20H23N5O/c1-14(2)11-16-7-9-17(10-8-16)15(3)22-20(26)18-5-4-6-19(12-18)25-13-21-23-24-25/h4-10,12-15H,11H2,1-3H3,(H,22,26)/t15-/m1/s1. The predicted octanol–water partition coefficient (Wildman–Crippen LogP) is 3.35. The third kappa shape index (κ3) is 4.33. The molecule has 134 valence electrons. The quantitative estimate of drug-likeness (QED) is 0.741. The number of carbonyl (C=O) groups excluding carboxylic acids is 1. The highest BCUT2D eigenvalue weighted by Gasteiger charge is 2.12. The molecule has 0 aliphatic rings. The molecular formula is C20H23N5O. The van der Waals surface area contributed by atoms with E-state index in [1.54, 1.807) is 12.1 Å². The van der Waals surface area contributed by atoms with Gasteiger partial charge in [0.15, 0.2) is 0 Å². The maximum absolute atomic E-state index is 12.6. The van der Waals surface area contributed by atoms with Crippen LogP contribution in [0.25, 0.3) is 5.69 Å². The molecular weight excluding hydrogens is 326 g/mol. The lowest BCUT2D eigenvalue weighted by atomic mass is 10.00. The molecule has 0 fully saturated rings. The van der Waals surface area contributed by atoms with Crippen LogP contribution in [0.15, 0.2) is 54.9 Å². The van der Waals surface area contributed by atoms with Gasteiger partial charge in [0.2, 0.25) is 0 Å². The Morgan fingerprint density at radius 2 is 1.88 bits per heavy atom. The van der Waals surface area contributed by atoms with Crippen molar-refractivity contribution in [2.45, 2.75) is 33.2 Å². The largest absolute Gasteiger partial charge is 0.346 e. The van der Waals surface area contributed by atoms with Crippen molar-refractivity contribution in [2.75, 3.05) is 0 Å². The van der Waals surface area contributed by atoms with E-state index in [-0.39, 0.29) is 11.9 Å². The number of hydrogen-bond acceptors (Lipinski definition) is 4. The molecule has 1 N–H and O–H groups in total. The highest BCUT2D eigenvalue weighted by molar-refractivity contribution is 5.95. The molecule has 3 rings (SSSR count). The summed E-state index contributed by atoms with van der Waals surface area (Å²) in [7, 11) is 0. The first-order valence-corrected chi connectivity index (χ1v) is 8.76. The number of aromatic nitrogens is 4. The monoisotopic (exact) mass is 349 g/mol. The van der Waals surface area contributed by atoms with Crippen LogP contribution in [0.1, 0.15) is 48.3 Å². The van der Waals surface area contributed by atoms with Gasteiger partial charge in [-0.3, -0.25) is 4.79 Å². The number of amides is 1. The average molecular weight is 349 g/mol. The number of nitrogens with zero attached hydrogens (tertiary/aromatic N) is 4. The molecule has 0 unspecified atom stereocenters. The third-order valence-corrected chi connectivity index (χ3v) is 4.19. The van der Waals surface area contributed by atoms with Crippen molar-refractivity contribution < 1.29 is 4.79 Å². The first-order valence-electron chi connectivity index (χ1n) is 8.76. The molecule has 0 saturated carbocycles. The molecule has 2 aromatic carbocycles. The van der Waals surface area contributed by atoms with Crippen LogP contribution in [0.5, 0.6) is 0 Å². The SMILES string of the molecule is CC(C)Cc1ccc([C@@H](C)NC(=O)c2cccc(-n3cnnn3)c2)cc1. The predicted molar refractivity (Wildman–Crippen MR) is 100 cm³/mol. The van der Waals surface area contributed by atoms with Gasteiger partial charge in [-0.15, -0.1) is 5.10 Å². The Hall–Kier alpha value is -3.02. The summed E-state index contributed by atoms with van der Waals surface area (Å²) in [6.07, 6.45) is 2.56. The fourth-order valence-electron chi connectivity index (χ4n) is 2.85. The highest BCUT2D eigenvalue weighted by Crippen LogP contribution is 2.17. The highest BCUT2D eigenvalue weighted by atomic mass is 16.1. The lowest BCUT2D eigenvalue weighted by Crippen LogP contribution is -2.26. The van der Waals surface area contributed by atoms with Gasteiger partial charge in [-0.05, 0) is 59.0 Å². The van der Waals surface area contributed by atoms with Crippen LogP contribution in [0.2, 0.25) is 0 Å². The van der Waals surface area contributed by atoms with Gasteiger partial charge in [-0.2, -0.15) is 0 Å². The van der Waals surface area contributed by atoms with Crippen molar-refractivity contribution in [3.05, 3.63) is 71.5 Å². The van der Waals surface area contributed by atoms with E-state index >= 15 is 0 Å². The van der Waals surface area contributed by atoms with Gasteiger partial charge in [-0.1, -0.05) is 44.2 Å². The summed E-state index contributed by atoms with van der Waals surface area (Å²) in [4.78, 5) is 12.6. The van der Waals surface area contributed by atoms with Crippen molar-refractivity contribution in [3.63, 3.8) is 0 Å². The Bertz CT molecular complexity index is 856. The Morgan fingerprint density at radius 1 is 1.12 bits per heavy atom. The molecule has 1 aromatic heterocycles. The van der Waals surface area contributed by atoms with Gasteiger partial charge in [0, 0.05) is 5.56 Å². The second kappa shape index (κ2) is 7.91. The van der Waals surface area contributed by atoms with E-state index in [9.17, 15) is 4.79 Å². The number of hydrogen-bond donors (Lipinski definition) is 1. The van der Waals surface area contributed by atoms with Crippen molar-refractivity contribution in [3.8, 4) is 5.69 Å². The van der Waals surface area contributed by atoms with Crippen molar-refractivity contribution in [1.82, 2.24) is 25.5 Å². The van der Waals surface area contributed by atoms with Crippen LogP contribution in [0, 0.1) is 5.92 Å². The average Bonchev–Trinajstić information content (AvgIpc) is 3.16. The maximum atomic E-state index is 12.6. The molecule has 0 spiro atoms. The second-order valence-electron chi connectivity index (χ2n) is 6.84. The van der Waals surface area contributed by atoms with Gasteiger partial charge in [0.05, 0.1) is 11.7 Å². The van der Waals surface area contributed by atoms with Crippen LogP contribution < -0.4 is 5.32 Å². The Kier molecular flexibility index (Phi) is 5.41. The van der Waals surface area contributed by atoms with Crippen LogP contribution in [-0.4, -0.2) is 26.1 Å². The molecule has 26 heavy (non-hydrogen) atoms. The number of tetrazole rings is 1. The van der Waals surface area contributed by atoms with Crippen molar-refractivity contribution in [1.29, 1.82) is 0 Å². The summed E-state index contributed by atoms with van der Waals surface area (Å²) >= 11 is 0. The van der Waals surface area contributed by atoms with Crippen LogP contribution in [0.4, 0.5) is 0 Å². The molecule has 0 bridgehead atoms. The summed E-state index contributed by atoms with van der Waals surface area (Å²) in [5, 5.41) is 14.1. The van der Waals surface area contributed by atoms with E-state index in [4.69, 9.17) is 0 Å². The van der Waals surface area contributed by atoms with E-state index < -0.39 is 0 Å². The molecule has 1 atom stereocenters. The normalized spacial score (nSPS) is 12.2. The third-order valence-electron chi connectivity index (χ3n) is 4.19. The topological polar surface area (TPSA) is 72.7 Å². The number of rotatable bonds is 6. The second-order valence-corrected chi connectivity index (χ2v) is 6.84. The molecule has 0 aliphatic carbocycles. The number of carbonyl (C=O) groups is 1. The summed E-state index contributed by atoms with van der Waals surface area (Å²) in [5.41, 5.74) is 3.72. The van der Waals surface area contributed by atoms with Crippen LogP contribution in [-0.2, 0) is 6.42 Å². The van der Waals surface area contributed by atoms with Gasteiger partial charge in [0.1, 0.15) is 6.33 Å². The van der Waals surface area contributed by atoms with E-state index in [0.29, 0.717) is 11.5 Å². The van der Waals surface area contributed by atoms with Gasteiger partial charge in [0.25, 0.3) is 5.91 Å². The minimum atomic E-state index is -0.126. The molecule has 0 aliphatic heterocycles. The molecule has 1 heterocycles. The number of benzene rings is 2. The molecule has 1 amide bonds. The minimum Gasteiger partial charge on any atom is -0.346 e. The smallest absolute Gasteiger partial charge is 0.251 e. The molecule has 3 aromatic rings. The Labute approximate surface area is 153 Å². The number of nitrogens with one attached hydrogen (secondary N) is 1. The summed E-state index contributed by atoms with van der Waals surface area (Å²) < 4.78 is 1.52. The first-order chi connectivity index (χ1) is 12.5. The molecule has 6 nitrogen and oxygen atoms in total. The van der Waals surface area contributed by atoms with Crippen molar-refractivity contribution >= 4 is 5.91 Å². The summed E-state index contributed by atoms with van der Waals surface area (Å²) in [6.45, 7) is 6.40. The first kappa shape index (κ1) is 17.8. The molecule has 0 radical (unpaired) electrons. The van der Waals surface area contributed by atoms with E-state index in [1.165, 1.54) is 16.6 Å². The van der Waals surface area contributed by atoms with E-state index in [2.05, 4.69) is 59.0 Å². The van der Waals surface area contributed by atoms with Crippen molar-refractivity contribution in [2.24, 2.45) is 5.92 Å². The fraction of sp³-hybridized carbons (Fsp3) is 0.300. The zero-order valence-electron chi connectivity index (χ0n) is 15.3. The lowest BCUT2D eigenvalue weighted by molar-refractivity contribution is 0.0940. The zero-order valence-corrected chi connectivity index (χ0v) is 15.3. The van der Waals surface area contributed by atoms with E-state index in [1.807, 2.05) is 19.1 Å². The van der Waals surface area contributed by atoms with Crippen LogP contribution in [0.3, 0.4) is 0 Å².